The Balaban J connectivity index is 2.11. The summed E-state index contributed by atoms with van der Waals surface area (Å²) in [4.78, 5) is 4.45. The zero-order valence-electron chi connectivity index (χ0n) is 12.2. The second kappa shape index (κ2) is 7.30. The van der Waals surface area contributed by atoms with Gasteiger partial charge in [0.05, 0.1) is 11.3 Å². The van der Waals surface area contributed by atoms with Crippen LogP contribution in [0.2, 0.25) is 10.0 Å². The molecule has 0 heterocycles. The fourth-order valence-corrected chi connectivity index (χ4v) is 2.40. The highest BCUT2D eigenvalue weighted by Crippen LogP contribution is 2.24. The maximum Gasteiger partial charge on any atom is 0.0729 e. The quantitative estimate of drug-likeness (QED) is 0.488. The topological polar surface area (TPSA) is 12.4 Å². The summed E-state index contributed by atoms with van der Waals surface area (Å²) < 4.78 is 0. The molecule has 0 saturated carbocycles. The summed E-state index contributed by atoms with van der Waals surface area (Å²) in [6, 6.07) is 25.0. The van der Waals surface area contributed by atoms with Crippen LogP contribution in [0.1, 0.15) is 11.1 Å². The first-order valence-corrected chi connectivity index (χ1v) is 7.88. The van der Waals surface area contributed by atoms with Gasteiger partial charge in [0.25, 0.3) is 0 Å². The number of nitrogens with zero attached hydrogens (tertiary/aromatic N) is 1. The Morgan fingerprint density at radius 2 is 1.13 bits per heavy atom. The fourth-order valence-electron chi connectivity index (χ4n) is 2.15. The molecule has 0 radical (unpaired) electrons. The van der Waals surface area contributed by atoms with Crippen LogP contribution in [0.25, 0.3) is 5.57 Å². The summed E-state index contributed by atoms with van der Waals surface area (Å²) in [6.07, 6.45) is 0. The van der Waals surface area contributed by atoms with Crippen molar-refractivity contribution in [2.45, 2.75) is 0 Å². The van der Waals surface area contributed by atoms with Gasteiger partial charge in [0, 0.05) is 10.0 Å². The third-order valence-corrected chi connectivity index (χ3v) is 3.82. The third kappa shape index (κ3) is 4.12. The van der Waals surface area contributed by atoms with Crippen molar-refractivity contribution in [3.8, 4) is 0 Å². The lowest BCUT2D eigenvalue weighted by molar-refractivity contribution is 1.53. The van der Waals surface area contributed by atoms with Crippen LogP contribution in [0.3, 0.4) is 0 Å². The van der Waals surface area contributed by atoms with Crippen molar-refractivity contribution < 1.29 is 0 Å². The number of rotatable bonds is 3. The van der Waals surface area contributed by atoms with Gasteiger partial charge in [0.15, 0.2) is 0 Å². The molecule has 0 amide bonds. The van der Waals surface area contributed by atoms with Crippen molar-refractivity contribution in [3.63, 3.8) is 0 Å². The van der Waals surface area contributed by atoms with E-state index < -0.39 is 0 Å². The van der Waals surface area contributed by atoms with Crippen LogP contribution in [0.5, 0.6) is 0 Å². The second-order valence-corrected chi connectivity index (χ2v) is 5.82. The van der Waals surface area contributed by atoms with Gasteiger partial charge in [-0.2, -0.15) is 0 Å². The number of hydrogen-bond donors (Lipinski definition) is 0. The number of benzene rings is 3. The minimum atomic E-state index is 0.698. The Morgan fingerprint density at radius 3 is 1.61 bits per heavy atom. The molecule has 0 fully saturated rings. The molecule has 0 aliphatic carbocycles. The van der Waals surface area contributed by atoms with Gasteiger partial charge in [-0.3, -0.25) is 0 Å². The minimum absolute atomic E-state index is 0.698. The van der Waals surface area contributed by atoms with E-state index in [1.807, 2.05) is 78.9 Å². The van der Waals surface area contributed by atoms with Crippen LogP contribution < -0.4 is 0 Å². The fraction of sp³-hybridized carbons (Fsp3) is 0. The Bertz CT molecular complexity index is 797. The van der Waals surface area contributed by atoms with Crippen LogP contribution in [0, 0.1) is 0 Å². The predicted octanol–water partition coefficient (Wildman–Crippen LogP) is 6.43. The number of hydrogen-bond acceptors (Lipinski definition) is 1. The van der Waals surface area contributed by atoms with Gasteiger partial charge in [-0.15, -0.1) is 0 Å². The third-order valence-electron chi connectivity index (χ3n) is 3.32. The molecule has 0 bridgehead atoms. The lowest BCUT2D eigenvalue weighted by Crippen LogP contribution is -1.88. The summed E-state index contributed by atoms with van der Waals surface area (Å²) in [7, 11) is 0. The van der Waals surface area contributed by atoms with E-state index in [2.05, 4.69) is 10.9 Å². The molecule has 3 heteroatoms. The Labute approximate surface area is 145 Å². The van der Waals surface area contributed by atoms with Crippen LogP contribution >= 0.6 is 23.2 Å². The van der Waals surface area contributed by atoms with E-state index in [9.17, 15) is 0 Å². The van der Waals surface area contributed by atoms with Gasteiger partial charge >= 0.3 is 0 Å². The Hall–Kier alpha value is -2.31. The number of halogens is 2. The summed E-state index contributed by atoms with van der Waals surface area (Å²) in [6.45, 7) is 0. The van der Waals surface area contributed by atoms with Crippen LogP contribution in [0.15, 0.2) is 83.9 Å². The smallest absolute Gasteiger partial charge is 0.0729 e. The average molecular weight is 338 g/mol. The first-order valence-electron chi connectivity index (χ1n) is 7.13. The van der Waals surface area contributed by atoms with Gasteiger partial charge in [-0.25, -0.2) is 4.99 Å². The lowest BCUT2D eigenvalue weighted by atomic mass is 9.99. The summed E-state index contributed by atoms with van der Waals surface area (Å²) in [5, 5.41) is 1.40. The second-order valence-electron chi connectivity index (χ2n) is 4.95. The van der Waals surface area contributed by atoms with Crippen molar-refractivity contribution in [1.29, 1.82) is 0 Å². The van der Waals surface area contributed by atoms with E-state index in [4.69, 9.17) is 23.2 Å². The molecule has 0 N–H and O–H groups in total. The first-order chi connectivity index (χ1) is 11.2. The van der Waals surface area contributed by atoms with Crippen molar-refractivity contribution in [2.75, 3.05) is 0 Å². The molecule has 0 unspecified atom stereocenters. The summed E-state index contributed by atoms with van der Waals surface area (Å²) in [5.41, 5.74) is 3.74. The van der Waals surface area contributed by atoms with Gasteiger partial charge in [-0.1, -0.05) is 65.7 Å². The van der Waals surface area contributed by atoms with E-state index in [-0.39, 0.29) is 0 Å². The van der Waals surface area contributed by atoms with Gasteiger partial charge in [0.2, 0.25) is 0 Å². The van der Waals surface area contributed by atoms with Crippen LogP contribution in [0.4, 0.5) is 5.69 Å². The Kier molecular flexibility index (Phi) is 4.95. The number of aliphatic imine (C=N–C) groups is 1. The average Bonchev–Trinajstić information content (AvgIpc) is 2.59. The predicted molar refractivity (Wildman–Crippen MR) is 99.0 cm³/mol. The van der Waals surface area contributed by atoms with Crippen molar-refractivity contribution >= 4 is 40.3 Å². The summed E-state index contributed by atoms with van der Waals surface area (Å²) in [5.74, 6) is 3.16. The molecule has 23 heavy (non-hydrogen) atoms. The molecule has 0 spiro atoms. The minimum Gasteiger partial charge on any atom is -0.206 e. The zero-order chi connectivity index (χ0) is 16.1. The molecule has 112 valence electrons. The van der Waals surface area contributed by atoms with Crippen molar-refractivity contribution in [2.24, 2.45) is 4.99 Å². The summed E-state index contributed by atoms with van der Waals surface area (Å²) >= 11 is 12.0. The standard InChI is InChI=1S/C20H13Cl2N/c21-17-10-6-15(7-11-17)20(16-8-12-18(22)13-9-16)14-23-19-4-2-1-3-5-19/h1-13H. The van der Waals surface area contributed by atoms with Gasteiger partial charge in [0.1, 0.15) is 0 Å². The normalized spacial score (nSPS) is 10.0. The SMILES string of the molecule is Clc1ccc(C(=C=Nc2ccccc2)c2ccc(Cl)cc2)cc1. The first kappa shape index (κ1) is 15.6. The molecular formula is C20H13Cl2N. The van der Waals surface area contributed by atoms with E-state index in [0.717, 1.165) is 22.4 Å². The highest BCUT2D eigenvalue weighted by Gasteiger charge is 2.05. The van der Waals surface area contributed by atoms with Crippen LogP contribution in [-0.2, 0) is 0 Å². The molecule has 3 aromatic carbocycles. The van der Waals surface area contributed by atoms with Crippen molar-refractivity contribution in [3.05, 3.63) is 100 Å². The zero-order valence-corrected chi connectivity index (χ0v) is 13.7. The molecule has 0 atom stereocenters. The molecule has 3 rings (SSSR count). The number of para-hydroxylation sites is 1. The van der Waals surface area contributed by atoms with Crippen molar-refractivity contribution in [1.82, 2.24) is 0 Å². The van der Waals surface area contributed by atoms with Crippen LogP contribution in [-0.4, -0.2) is 5.87 Å². The van der Waals surface area contributed by atoms with E-state index in [1.54, 1.807) is 0 Å². The monoisotopic (exact) mass is 337 g/mol. The largest absolute Gasteiger partial charge is 0.206 e. The molecular weight excluding hydrogens is 325 g/mol. The molecule has 3 aromatic rings. The molecule has 0 aliphatic rings. The molecule has 0 aromatic heterocycles. The highest BCUT2D eigenvalue weighted by atomic mass is 35.5. The van der Waals surface area contributed by atoms with E-state index in [0.29, 0.717) is 10.0 Å². The van der Waals surface area contributed by atoms with E-state index in [1.165, 1.54) is 0 Å². The lowest BCUT2D eigenvalue weighted by Gasteiger charge is -2.05. The Morgan fingerprint density at radius 1 is 0.652 bits per heavy atom. The maximum atomic E-state index is 5.99. The highest BCUT2D eigenvalue weighted by molar-refractivity contribution is 6.31. The van der Waals surface area contributed by atoms with E-state index >= 15 is 0 Å². The molecule has 0 saturated heterocycles. The molecule has 1 nitrogen and oxygen atoms in total. The van der Waals surface area contributed by atoms with Gasteiger partial charge in [-0.05, 0) is 53.4 Å². The molecule has 0 aliphatic heterocycles. The maximum absolute atomic E-state index is 5.99. The van der Waals surface area contributed by atoms with Gasteiger partial charge < -0.3 is 0 Å².